The van der Waals surface area contributed by atoms with Gasteiger partial charge in [0, 0.05) is 13.0 Å². The van der Waals surface area contributed by atoms with Gasteiger partial charge in [-0.2, -0.15) is 0 Å². The van der Waals surface area contributed by atoms with Gasteiger partial charge < -0.3 is 16.2 Å². The monoisotopic (exact) mass is 228 g/mol. The fourth-order valence-corrected chi connectivity index (χ4v) is 2.22. The van der Waals surface area contributed by atoms with E-state index in [0.29, 0.717) is 12.3 Å². The molecule has 0 aromatic carbocycles. The lowest BCUT2D eigenvalue weighted by Gasteiger charge is -2.28. The molecule has 0 saturated heterocycles. The van der Waals surface area contributed by atoms with E-state index < -0.39 is 12.0 Å². The van der Waals surface area contributed by atoms with Crippen LogP contribution in [0.3, 0.4) is 0 Å². The number of carbonyl (C=O) groups is 2. The van der Waals surface area contributed by atoms with Crippen LogP contribution < -0.4 is 11.1 Å². The summed E-state index contributed by atoms with van der Waals surface area (Å²) in [6, 6.07) is -0.489. The molecule has 0 spiro atoms. The number of amides is 1. The average molecular weight is 228 g/mol. The molecule has 1 fully saturated rings. The van der Waals surface area contributed by atoms with Crippen molar-refractivity contribution in [2.75, 3.05) is 0 Å². The van der Waals surface area contributed by atoms with E-state index in [-0.39, 0.29) is 11.9 Å². The zero-order chi connectivity index (χ0) is 12.1. The normalized spacial score (nSPS) is 27.1. The molecule has 16 heavy (non-hydrogen) atoms. The van der Waals surface area contributed by atoms with Crippen LogP contribution in [0.2, 0.25) is 0 Å². The van der Waals surface area contributed by atoms with Crippen molar-refractivity contribution >= 4 is 11.9 Å². The van der Waals surface area contributed by atoms with Gasteiger partial charge in [-0.15, -0.1) is 0 Å². The Bertz CT molecular complexity index is 260. The summed E-state index contributed by atoms with van der Waals surface area (Å²) in [5.74, 6) is -0.877. The fraction of sp³-hybridized carbons (Fsp3) is 0.818. The first-order valence-corrected chi connectivity index (χ1v) is 5.74. The highest BCUT2D eigenvalue weighted by atomic mass is 16.4. The molecule has 4 N–H and O–H groups in total. The number of carbonyl (C=O) groups excluding carboxylic acids is 1. The minimum atomic E-state index is -0.954. The maximum absolute atomic E-state index is 10.9. The van der Waals surface area contributed by atoms with Crippen molar-refractivity contribution in [3.05, 3.63) is 0 Å². The maximum atomic E-state index is 10.9. The zero-order valence-corrected chi connectivity index (χ0v) is 9.61. The smallest absolute Gasteiger partial charge is 0.326 e. The summed E-state index contributed by atoms with van der Waals surface area (Å²) >= 11 is 0. The number of aliphatic carboxylic acids is 1. The molecule has 0 radical (unpaired) electrons. The van der Waals surface area contributed by atoms with Gasteiger partial charge in [-0.25, -0.2) is 4.79 Å². The summed E-state index contributed by atoms with van der Waals surface area (Å²) < 4.78 is 0. The lowest BCUT2D eigenvalue weighted by atomic mass is 9.82. The van der Waals surface area contributed by atoms with Gasteiger partial charge in [0.15, 0.2) is 0 Å². The summed E-state index contributed by atoms with van der Waals surface area (Å²) in [7, 11) is 0. The Morgan fingerprint density at radius 2 is 1.94 bits per heavy atom. The summed E-state index contributed by atoms with van der Waals surface area (Å²) in [5, 5.41) is 11.4. The lowest BCUT2D eigenvalue weighted by molar-refractivity contribution is -0.142. The van der Waals surface area contributed by atoms with Gasteiger partial charge in [-0.3, -0.25) is 4.79 Å². The van der Waals surface area contributed by atoms with Crippen LogP contribution in [0.5, 0.6) is 0 Å². The van der Waals surface area contributed by atoms with E-state index in [0.717, 1.165) is 25.7 Å². The van der Waals surface area contributed by atoms with E-state index in [4.69, 9.17) is 10.8 Å². The molecule has 5 heteroatoms. The Balaban J connectivity index is 2.42. The molecule has 5 nitrogen and oxygen atoms in total. The van der Waals surface area contributed by atoms with Crippen LogP contribution >= 0.6 is 0 Å². The second-order valence-electron chi connectivity index (χ2n) is 4.61. The second kappa shape index (κ2) is 5.84. The molecule has 0 heterocycles. The molecule has 1 atom stereocenters. The number of hydrogen-bond donors (Lipinski definition) is 3. The predicted molar refractivity (Wildman–Crippen MR) is 59.8 cm³/mol. The summed E-state index contributed by atoms with van der Waals surface area (Å²) in [5.41, 5.74) is 5.78. The molecule has 1 saturated carbocycles. The molecule has 0 bridgehead atoms. The van der Waals surface area contributed by atoms with Gasteiger partial charge in [0.2, 0.25) is 5.91 Å². The molecular formula is C11H20N2O3. The quantitative estimate of drug-likeness (QED) is 0.652. The Hall–Kier alpha value is -1.10. The number of hydrogen-bond acceptors (Lipinski definition) is 3. The van der Waals surface area contributed by atoms with E-state index in [2.05, 4.69) is 5.32 Å². The molecule has 92 valence electrons. The highest BCUT2D eigenvalue weighted by Gasteiger charge is 2.26. The van der Waals surface area contributed by atoms with Crippen molar-refractivity contribution in [3.63, 3.8) is 0 Å². The number of carboxylic acids is 1. The first-order chi connectivity index (χ1) is 7.49. The van der Waals surface area contributed by atoms with Crippen LogP contribution in [-0.2, 0) is 9.59 Å². The Morgan fingerprint density at radius 1 is 1.38 bits per heavy atom. The van der Waals surface area contributed by atoms with Gasteiger partial charge in [-0.05, 0) is 38.0 Å². The summed E-state index contributed by atoms with van der Waals surface area (Å²) in [6.45, 7) is 1.34. The van der Waals surface area contributed by atoms with Crippen LogP contribution in [0.15, 0.2) is 0 Å². The third kappa shape index (κ3) is 4.18. The molecule has 1 unspecified atom stereocenters. The number of nitrogens with two attached hydrogens (primary N) is 1. The number of rotatable bonds is 4. The molecule has 0 aromatic rings. The average Bonchev–Trinajstić information content (AvgIpc) is 2.19. The van der Waals surface area contributed by atoms with Crippen molar-refractivity contribution in [3.8, 4) is 0 Å². The Labute approximate surface area is 95.4 Å². The van der Waals surface area contributed by atoms with Gasteiger partial charge in [0.25, 0.3) is 0 Å². The van der Waals surface area contributed by atoms with E-state index in [1.54, 1.807) is 0 Å². The van der Waals surface area contributed by atoms with Gasteiger partial charge in [-0.1, -0.05) is 0 Å². The van der Waals surface area contributed by atoms with Crippen molar-refractivity contribution in [1.29, 1.82) is 0 Å². The van der Waals surface area contributed by atoms with Crippen LogP contribution in [-0.4, -0.2) is 29.1 Å². The predicted octanol–water partition coefficient (Wildman–Crippen LogP) is 0.483. The number of nitrogens with one attached hydrogen (secondary N) is 1. The number of carboxylic acid groups (broad SMARTS) is 1. The topological polar surface area (TPSA) is 92.4 Å². The zero-order valence-electron chi connectivity index (χ0n) is 9.61. The van der Waals surface area contributed by atoms with E-state index >= 15 is 0 Å². The molecular weight excluding hydrogens is 208 g/mol. The van der Waals surface area contributed by atoms with Crippen molar-refractivity contribution < 1.29 is 14.7 Å². The van der Waals surface area contributed by atoms with Crippen LogP contribution in [0.1, 0.15) is 39.0 Å². The van der Waals surface area contributed by atoms with Crippen molar-refractivity contribution in [2.45, 2.75) is 51.1 Å². The third-order valence-corrected chi connectivity index (χ3v) is 3.14. The first kappa shape index (κ1) is 13.0. The molecule has 1 aliphatic carbocycles. The maximum Gasteiger partial charge on any atom is 0.326 e. The van der Waals surface area contributed by atoms with Crippen LogP contribution in [0.4, 0.5) is 0 Å². The molecule has 1 amide bonds. The molecule has 1 rings (SSSR count). The Morgan fingerprint density at radius 3 is 2.38 bits per heavy atom. The first-order valence-electron chi connectivity index (χ1n) is 5.74. The van der Waals surface area contributed by atoms with E-state index in [1.807, 2.05) is 0 Å². The molecule has 0 aliphatic heterocycles. The SMILES string of the molecule is CC(=O)NC(CC1CCC(N)CC1)C(=O)O. The highest BCUT2D eigenvalue weighted by molar-refractivity contribution is 5.82. The van der Waals surface area contributed by atoms with Crippen molar-refractivity contribution in [1.82, 2.24) is 5.32 Å². The van der Waals surface area contributed by atoms with Gasteiger partial charge >= 0.3 is 5.97 Å². The largest absolute Gasteiger partial charge is 0.480 e. The van der Waals surface area contributed by atoms with E-state index in [1.165, 1.54) is 6.92 Å². The standard InChI is InChI=1S/C11H20N2O3/c1-7(14)13-10(11(15)16)6-8-2-4-9(12)5-3-8/h8-10H,2-6,12H2,1H3,(H,13,14)(H,15,16). The van der Waals surface area contributed by atoms with Gasteiger partial charge in [0.05, 0.1) is 0 Å². The highest BCUT2D eigenvalue weighted by Crippen LogP contribution is 2.26. The fourth-order valence-electron chi connectivity index (χ4n) is 2.22. The van der Waals surface area contributed by atoms with Crippen molar-refractivity contribution in [2.24, 2.45) is 11.7 Å². The van der Waals surface area contributed by atoms with Crippen LogP contribution in [0, 0.1) is 5.92 Å². The third-order valence-electron chi connectivity index (χ3n) is 3.14. The minimum Gasteiger partial charge on any atom is -0.480 e. The summed E-state index contributed by atoms with van der Waals surface area (Å²) in [4.78, 5) is 21.8. The lowest BCUT2D eigenvalue weighted by Crippen LogP contribution is -2.41. The summed E-state index contributed by atoms with van der Waals surface area (Å²) in [6.07, 6.45) is 4.35. The van der Waals surface area contributed by atoms with E-state index in [9.17, 15) is 9.59 Å². The molecule has 0 aromatic heterocycles. The second-order valence-corrected chi connectivity index (χ2v) is 4.61. The molecule has 1 aliphatic rings. The van der Waals surface area contributed by atoms with Gasteiger partial charge in [0.1, 0.15) is 6.04 Å². The minimum absolute atomic E-state index is 0.264. The Kier molecular flexibility index (Phi) is 4.73. The van der Waals surface area contributed by atoms with Crippen LogP contribution in [0.25, 0.3) is 0 Å².